The van der Waals surface area contributed by atoms with E-state index >= 15 is 0 Å². The highest BCUT2D eigenvalue weighted by atomic mass is 16.2. The summed E-state index contributed by atoms with van der Waals surface area (Å²) in [6, 6.07) is -0.00904. The summed E-state index contributed by atoms with van der Waals surface area (Å²) < 4.78 is 0. The SMILES string of the molecule is CC(C)[C@H](N)C(=O)N1C=C(CCN(C)C)C2CCCCC21. The summed E-state index contributed by atoms with van der Waals surface area (Å²) in [7, 11) is 4.21. The standard InChI is InChI=1S/C17H31N3O/c1-12(2)16(18)17(21)20-11-13(9-10-19(3)4)14-7-5-6-8-15(14)20/h11-12,14-16H,5-10,18H2,1-4H3/t14?,15?,16-/m0/s1. The Kier molecular flexibility index (Phi) is 5.44. The molecule has 120 valence electrons. The van der Waals surface area contributed by atoms with Crippen LogP contribution in [0.1, 0.15) is 46.0 Å². The average Bonchev–Trinajstić information content (AvgIpc) is 2.82. The molecule has 4 nitrogen and oxygen atoms in total. The van der Waals surface area contributed by atoms with E-state index in [9.17, 15) is 4.79 Å². The second kappa shape index (κ2) is 6.93. The van der Waals surface area contributed by atoms with Crippen molar-refractivity contribution in [2.24, 2.45) is 17.6 Å². The van der Waals surface area contributed by atoms with E-state index in [4.69, 9.17) is 5.73 Å². The van der Waals surface area contributed by atoms with Gasteiger partial charge in [0.05, 0.1) is 6.04 Å². The molecule has 2 unspecified atom stereocenters. The smallest absolute Gasteiger partial charge is 0.243 e. The molecule has 3 atom stereocenters. The van der Waals surface area contributed by atoms with Crippen molar-refractivity contribution < 1.29 is 4.79 Å². The summed E-state index contributed by atoms with van der Waals surface area (Å²) in [6.45, 7) is 5.09. The van der Waals surface area contributed by atoms with Crippen LogP contribution in [-0.2, 0) is 4.79 Å². The van der Waals surface area contributed by atoms with Crippen molar-refractivity contribution in [3.8, 4) is 0 Å². The third kappa shape index (κ3) is 3.67. The highest BCUT2D eigenvalue weighted by molar-refractivity contribution is 5.83. The Bertz CT molecular complexity index is 403. The molecule has 1 amide bonds. The van der Waals surface area contributed by atoms with Gasteiger partial charge < -0.3 is 15.5 Å². The number of amides is 1. The molecule has 0 spiro atoms. The lowest BCUT2D eigenvalue weighted by Crippen LogP contribution is -2.48. The maximum Gasteiger partial charge on any atom is 0.243 e. The minimum absolute atomic E-state index is 0.113. The number of fused-ring (bicyclic) bond motifs is 1. The molecule has 2 rings (SSSR count). The number of rotatable bonds is 5. The van der Waals surface area contributed by atoms with E-state index < -0.39 is 0 Å². The van der Waals surface area contributed by atoms with E-state index in [0.717, 1.165) is 19.4 Å². The Hall–Kier alpha value is -0.870. The van der Waals surface area contributed by atoms with Crippen molar-refractivity contribution in [1.29, 1.82) is 0 Å². The van der Waals surface area contributed by atoms with Gasteiger partial charge in [-0.05, 0) is 44.8 Å². The van der Waals surface area contributed by atoms with Gasteiger partial charge in [0.2, 0.25) is 5.91 Å². The first-order chi connectivity index (χ1) is 9.91. The maximum absolute atomic E-state index is 12.7. The molecule has 1 aliphatic carbocycles. The first-order valence-corrected chi connectivity index (χ1v) is 8.35. The molecule has 1 fully saturated rings. The van der Waals surface area contributed by atoms with Crippen molar-refractivity contribution in [2.45, 2.75) is 58.0 Å². The van der Waals surface area contributed by atoms with E-state index in [1.54, 1.807) is 0 Å². The van der Waals surface area contributed by atoms with E-state index in [2.05, 4.69) is 25.2 Å². The first kappa shape index (κ1) is 16.5. The van der Waals surface area contributed by atoms with Crippen molar-refractivity contribution in [3.05, 3.63) is 11.8 Å². The predicted octanol–water partition coefficient (Wildman–Crippen LogP) is 2.21. The van der Waals surface area contributed by atoms with Gasteiger partial charge >= 0.3 is 0 Å². The Morgan fingerprint density at radius 1 is 1.38 bits per heavy atom. The lowest BCUT2D eigenvalue weighted by atomic mass is 9.81. The number of carbonyl (C=O) groups is 1. The minimum atomic E-state index is -0.378. The monoisotopic (exact) mass is 293 g/mol. The zero-order valence-corrected chi connectivity index (χ0v) is 14.0. The summed E-state index contributed by atoms with van der Waals surface area (Å²) in [4.78, 5) is 16.9. The lowest BCUT2D eigenvalue weighted by Gasteiger charge is -2.34. The van der Waals surface area contributed by atoms with Crippen LogP contribution in [0.5, 0.6) is 0 Å². The molecular weight excluding hydrogens is 262 g/mol. The molecular formula is C17H31N3O. The fraction of sp³-hybridized carbons (Fsp3) is 0.824. The lowest BCUT2D eigenvalue weighted by molar-refractivity contribution is -0.133. The second-order valence-corrected chi connectivity index (χ2v) is 7.23. The van der Waals surface area contributed by atoms with Gasteiger partial charge in [-0.25, -0.2) is 0 Å². The van der Waals surface area contributed by atoms with Crippen LogP contribution in [0.15, 0.2) is 11.8 Å². The molecule has 0 saturated heterocycles. The Morgan fingerprint density at radius 3 is 2.67 bits per heavy atom. The van der Waals surface area contributed by atoms with E-state index in [1.165, 1.54) is 24.8 Å². The van der Waals surface area contributed by atoms with Crippen LogP contribution in [0.3, 0.4) is 0 Å². The van der Waals surface area contributed by atoms with Gasteiger partial charge in [-0.1, -0.05) is 26.7 Å². The molecule has 0 aromatic carbocycles. The van der Waals surface area contributed by atoms with E-state index in [-0.39, 0.29) is 17.9 Å². The van der Waals surface area contributed by atoms with Crippen molar-refractivity contribution in [1.82, 2.24) is 9.80 Å². The van der Waals surface area contributed by atoms with Crippen LogP contribution in [0, 0.1) is 11.8 Å². The number of carbonyl (C=O) groups excluding carboxylic acids is 1. The summed E-state index contributed by atoms with van der Waals surface area (Å²) in [6.07, 6.45) is 8.08. The molecule has 4 heteroatoms. The molecule has 1 heterocycles. The van der Waals surface area contributed by atoms with Crippen LogP contribution in [0.4, 0.5) is 0 Å². The third-order valence-electron chi connectivity index (χ3n) is 4.97. The Labute approximate surface area is 129 Å². The van der Waals surface area contributed by atoms with Crippen LogP contribution in [0.25, 0.3) is 0 Å². The van der Waals surface area contributed by atoms with Crippen molar-refractivity contribution >= 4 is 5.91 Å². The first-order valence-electron chi connectivity index (χ1n) is 8.35. The number of nitrogens with two attached hydrogens (primary N) is 1. The van der Waals surface area contributed by atoms with Gasteiger partial charge in [0.15, 0.2) is 0 Å². The summed E-state index contributed by atoms with van der Waals surface area (Å²) in [5, 5.41) is 0. The molecule has 0 aromatic heterocycles. The highest BCUT2D eigenvalue weighted by Gasteiger charge is 2.40. The fourth-order valence-electron chi connectivity index (χ4n) is 3.53. The second-order valence-electron chi connectivity index (χ2n) is 7.23. The molecule has 2 N–H and O–H groups in total. The Balaban J connectivity index is 2.13. The van der Waals surface area contributed by atoms with Crippen LogP contribution < -0.4 is 5.73 Å². The molecule has 2 aliphatic rings. The molecule has 21 heavy (non-hydrogen) atoms. The fourth-order valence-corrected chi connectivity index (χ4v) is 3.53. The average molecular weight is 293 g/mol. The van der Waals surface area contributed by atoms with Gasteiger partial charge in [-0.3, -0.25) is 4.79 Å². The normalized spacial score (nSPS) is 27.0. The minimum Gasteiger partial charge on any atom is -0.320 e. The maximum atomic E-state index is 12.7. The summed E-state index contributed by atoms with van der Waals surface area (Å²) >= 11 is 0. The van der Waals surface area contributed by atoms with E-state index in [1.807, 2.05) is 18.7 Å². The number of hydrogen-bond acceptors (Lipinski definition) is 3. The van der Waals surface area contributed by atoms with Gasteiger partial charge in [-0.2, -0.15) is 0 Å². The summed E-state index contributed by atoms with van der Waals surface area (Å²) in [5.41, 5.74) is 7.56. The molecule has 1 saturated carbocycles. The van der Waals surface area contributed by atoms with Crippen molar-refractivity contribution in [3.63, 3.8) is 0 Å². The largest absolute Gasteiger partial charge is 0.320 e. The van der Waals surface area contributed by atoms with Gasteiger partial charge in [-0.15, -0.1) is 0 Å². The molecule has 0 bridgehead atoms. The van der Waals surface area contributed by atoms with E-state index in [0.29, 0.717) is 12.0 Å². The highest BCUT2D eigenvalue weighted by Crippen LogP contribution is 2.40. The van der Waals surface area contributed by atoms with Gasteiger partial charge in [0.1, 0.15) is 0 Å². The van der Waals surface area contributed by atoms with Gasteiger partial charge in [0, 0.05) is 24.7 Å². The zero-order chi connectivity index (χ0) is 15.6. The molecule has 0 aromatic rings. The summed E-state index contributed by atoms with van der Waals surface area (Å²) in [5.74, 6) is 0.877. The number of nitrogens with zero attached hydrogens (tertiary/aromatic N) is 2. The quantitative estimate of drug-likeness (QED) is 0.845. The Morgan fingerprint density at radius 2 is 2.05 bits per heavy atom. The van der Waals surface area contributed by atoms with Crippen LogP contribution in [0.2, 0.25) is 0 Å². The topological polar surface area (TPSA) is 49.6 Å². The van der Waals surface area contributed by atoms with Gasteiger partial charge in [0.25, 0.3) is 0 Å². The van der Waals surface area contributed by atoms with Crippen LogP contribution in [-0.4, -0.2) is 48.4 Å². The zero-order valence-electron chi connectivity index (χ0n) is 14.0. The predicted molar refractivity (Wildman–Crippen MR) is 86.7 cm³/mol. The number of hydrogen-bond donors (Lipinski definition) is 1. The molecule has 0 radical (unpaired) electrons. The van der Waals surface area contributed by atoms with Crippen molar-refractivity contribution in [2.75, 3.05) is 20.6 Å². The third-order valence-corrected chi connectivity index (χ3v) is 4.97. The van der Waals surface area contributed by atoms with Crippen LogP contribution >= 0.6 is 0 Å². The molecule has 1 aliphatic heterocycles.